The molecular formula is C32H35N3O6. The number of aliphatic hydroxyl groups is 1. The highest BCUT2D eigenvalue weighted by molar-refractivity contribution is 5.83. The summed E-state index contributed by atoms with van der Waals surface area (Å²) in [6, 6.07) is 7.53. The van der Waals surface area contributed by atoms with Gasteiger partial charge in [-0.3, -0.25) is 9.88 Å². The molecule has 1 aliphatic carbocycles. The lowest BCUT2D eigenvalue weighted by Crippen LogP contribution is -2.54. The van der Waals surface area contributed by atoms with Crippen LogP contribution in [0.15, 0.2) is 91.1 Å². The van der Waals surface area contributed by atoms with Gasteiger partial charge in [0, 0.05) is 43.6 Å². The largest absolute Gasteiger partial charge is 0.497 e. The van der Waals surface area contributed by atoms with E-state index in [4.69, 9.17) is 18.9 Å². The van der Waals surface area contributed by atoms with Crippen molar-refractivity contribution in [2.45, 2.75) is 37.4 Å². The van der Waals surface area contributed by atoms with Crippen LogP contribution in [0.1, 0.15) is 37.4 Å². The minimum atomic E-state index is -0.722. The van der Waals surface area contributed by atoms with Gasteiger partial charge in [-0.05, 0) is 54.7 Å². The highest BCUT2D eigenvalue weighted by Crippen LogP contribution is 2.42. The molecule has 1 N–H and O–H groups in total. The summed E-state index contributed by atoms with van der Waals surface area (Å²) in [5, 5.41) is 12.2. The molecule has 0 bridgehead atoms. The zero-order chi connectivity index (χ0) is 28.4. The van der Waals surface area contributed by atoms with Crippen molar-refractivity contribution >= 4 is 17.0 Å². The van der Waals surface area contributed by atoms with Crippen LogP contribution in [0.25, 0.3) is 10.9 Å². The van der Waals surface area contributed by atoms with Gasteiger partial charge in [0.25, 0.3) is 0 Å². The van der Waals surface area contributed by atoms with Crippen molar-refractivity contribution in [3.8, 4) is 5.75 Å². The molecule has 3 aliphatic heterocycles. The summed E-state index contributed by atoms with van der Waals surface area (Å²) in [4.78, 5) is 21.4. The first-order chi connectivity index (χ1) is 20.0. The molecule has 2 saturated heterocycles. The fraction of sp³-hybridized carbons (Fsp3) is 0.375. The molecule has 6 rings (SSSR count). The third kappa shape index (κ3) is 5.35. The summed E-state index contributed by atoms with van der Waals surface area (Å²) < 4.78 is 23.2. The maximum atomic E-state index is 13.2. The highest BCUT2D eigenvalue weighted by Gasteiger charge is 2.54. The number of β-amino-alcohol motifs (C(OH)–C–C–N with tert-alkyl or cyclic N) is 1. The summed E-state index contributed by atoms with van der Waals surface area (Å²) in [6.45, 7) is 6.08. The van der Waals surface area contributed by atoms with Gasteiger partial charge in [-0.25, -0.2) is 9.69 Å². The fourth-order valence-corrected chi connectivity index (χ4v) is 6.17. The predicted molar refractivity (Wildman–Crippen MR) is 153 cm³/mol. The minimum absolute atomic E-state index is 0.00418. The van der Waals surface area contributed by atoms with Crippen molar-refractivity contribution in [3.05, 3.63) is 96.6 Å². The van der Waals surface area contributed by atoms with Crippen molar-refractivity contribution in [2.75, 3.05) is 33.3 Å². The number of benzene rings is 1. The number of ether oxygens (including phenoxy) is 4. The van der Waals surface area contributed by atoms with Crippen LogP contribution in [-0.4, -0.2) is 64.9 Å². The Morgan fingerprint density at radius 2 is 2.22 bits per heavy atom. The molecule has 1 aromatic carbocycles. The molecule has 0 unspecified atom stereocenters. The van der Waals surface area contributed by atoms with Gasteiger partial charge in [-0.2, -0.15) is 0 Å². The molecule has 4 heterocycles. The Labute approximate surface area is 239 Å². The van der Waals surface area contributed by atoms with Crippen molar-refractivity contribution in [1.29, 1.82) is 0 Å². The highest BCUT2D eigenvalue weighted by atomic mass is 16.6. The first kappa shape index (κ1) is 27.1. The number of likely N-dealkylation sites (tertiary alicyclic amines) is 1. The van der Waals surface area contributed by atoms with E-state index in [0.717, 1.165) is 40.6 Å². The van der Waals surface area contributed by atoms with Gasteiger partial charge in [0.05, 0.1) is 25.3 Å². The van der Waals surface area contributed by atoms with E-state index >= 15 is 0 Å². The molecule has 9 heteroatoms. The average molecular weight is 558 g/mol. The van der Waals surface area contributed by atoms with E-state index in [9.17, 15) is 9.90 Å². The SMILES string of the molecule is C=CC[C@@H]1CN(C[C@@H](O)c2ccnc3ccc(OC)cc23)CC[C@@]12CN(C1=COC=C(C3=CC=CCC3)O1)C(=O)O2. The van der Waals surface area contributed by atoms with Crippen LogP contribution in [0.4, 0.5) is 4.79 Å². The van der Waals surface area contributed by atoms with Gasteiger partial charge in [-0.15, -0.1) is 6.58 Å². The molecule has 41 heavy (non-hydrogen) atoms. The van der Waals surface area contributed by atoms with E-state index < -0.39 is 17.8 Å². The van der Waals surface area contributed by atoms with Gasteiger partial charge in [0.2, 0.25) is 5.88 Å². The van der Waals surface area contributed by atoms with E-state index in [0.29, 0.717) is 50.7 Å². The third-order valence-corrected chi connectivity index (χ3v) is 8.39. The zero-order valence-electron chi connectivity index (χ0n) is 23.2. The maximum Gasteiger partial charge on any atom is 0.417 e. The number of pyridine rings is 1. The lowest BCUT2D eigenvalue weighted by Gasteiger charge is -2.44. The number of nitrogens with zero attached hydrogens (tertiary/aromatic N) is 3. The number of carbonyl (C=O) groups excluding carboxylic acids is 1. The Bertz CT molecular complexity index is 1460. The summed E-state index contributed by atoms with van der Waals surface area (Å²) in [7, 11) is 1.62. The van der Waals surface area contributed by atoms with Crippen LogP contribution >= 0.6 is 0 Å². The Balaban J connectivity index is 1.15. The molecule has 4 aliphatic rings. The van der Waals surface area contributed by atoms with Gasteiger partial charge in [0.15, 0.2) is 12.0 Å². The molecule has 1 aromatic heterocycles. The Kier molecular flexibility index (Phi) is 7.55. The Morgan fingerprint density at radius 1 is 1.32 bits per heavy atom. The number of fused-ring (bicyclic) bond motifs is 1. The summed E-state index contributed by atoms with van der Waals surface area (Å²) in [5.41, 5.74) is 1.95. The van der Waals surface area contributed by atoms with Crippen molar-refractivity contribution in [2.24, 2.45) is 5.92 Å². The molecule has 2 fully saturated rings. The molecule has 3 atom stereocenters. The number of amides is 1. The molecule has 0 radical (unpaired) electrons. The number of piperidine rings is 1. The van der Waals surface area contributed by atoms with E-state index in [1.165, 1.54) is 11.2 Å². The number of methoxy groups -OCH3 is 1. The normalized spacial score (nSPS) is 25.1. The van der Waals surface area contributed by atoms with Crippen LogP contribution in [0.2, 0.25) is 0 Å². The van der Waals surface area contributed by atoms with Crippen LogP contribution in [0.3, 0.4) is 0 Å². The first-order valence-electron chi connectivity index (χ1n) is 14.0. The van der Waals surface area contributed by atoms with Crippen LogP contribution in [0.5, 0.6) is 5.75 Å². The lowest BCUT2D eigenvalue weighted by molar-refractivity contribution is -0.0553. The lowest BCUT2D eigenvalue weighted by atomic mass is 9.78. The Morgan fingerprint density at radius 3 is 3.02 bits per heavy atom. The number of allylic oxidation sites excluding steroid dienone is 5. The van der Waals surface area contributed by atoms with Gasteiger partial charge in [-0.1, -0.05) is 24.3 Å². The zero-order valence-corrected chi connectivity index (χ0v) is 23.2. The topological polar surface area (TPSA) is 93.6 Å². The molecule has 214 valence electrons. The van der Waals surface area contributed by atoms with Crippen LogP contribution in [0, 0.1) is 5.92 Å². The van der Waals surface area contributed by atoms with E-state index in [1.54, 1.807) is 19.6 Å². The number of rotatable bonds is 8. The number of carbonyl (C=O) groups is 1. The number of hydrogen-bond acceptors (Lipinski definition) is 8. The quantitative estimate of drug-likeness (QED) is 0.436. The second-order valence-corrected chi connectivity index (χ2v) is 10.9. The number of aliphatic hydroxyl groups excluding tert-OH is 1. The summed E-state index contributed by atoms with van der Waals surface area (Å²) in [5.74, 6) is 1.65. The smallest absolute Gasteiger partial charge is 0.417 e. The van der Waals surface area contributed by atoms with Crippen molar-refractivity contribution in [1.82, 2.24) is 14.8 Å². The Hall–Kier alpha value is -4.08. The predicted octanol–water partition coefficient (Wildman–Crippen LogP) is 5.33. The second-order valence-electron chi connectivity index (χ2n) is 10.9. The van der Waals surface area contributed by atoms with Gasteiger partial charge >= 0.3 is 6.09 Å². The summed E-state index contributed by atoms with van der Waals surface area (Å²) in [6.07, 6.45) is 14.6. The number of hydrogen-bond donors (Lipinski definition) is 1. The van der Waals surface area contributed by atoms with Gasteiger partial charge < -0.3 is 24.1 Å². The fourth-order valence-electron chi connectivity index (χ4n) is 6.17. The maximum absolute atomic E-state index is 13.2. The molecule has 2 aromatic rings. The van der Waals surface area contributed by atoms with E-state index in [2.05, 4.69) is 22.5 Å². The molecular weight excluding hydrogens is 522 g/mol. The van der Waals surface area contributed by atoms with Crippen molar-refractivity contribution < 1.29 is 28.8 Å². The molecule has 1 amide bonds. The molecule has 1 spiro atoms. The third-order valence-electron chi connectivity index (χ3n) is 8.39. The van der Waals surface area contributed by atoms with Crippen LogP contribution in [-0.2, 0) is 14.2 Å². The van der Waals surface area contributed by atoms with Crippen LogP contribution < -0.4 is 4.74 Å². The standard InChI is InChI=1S/C32H35N3O6/c1-3-7-23-17-34(18-28(36)25-12-14-33-27-11-10-24(38-2)16-26(25)27)15-13-32(23)21-35(31(37)41-32)30-20-39-19-29(40-30)22-8-5-4-6-9-22/h3-5,8,10-12,14,16,19-20,23,28,36H,1,6-7,9,13,15,17-18,21H2,2H3/t23-,28-,32-/m1/s1. The average Bonchev–Trinajstić information content (AvgIpc) is 3.35. The molecule has 0 saturated carbocycles. The van der Waals surface area contributed by atoms with Gasteiger partial charge in [0.1, 0.15) is 17.6 Å². The minimum Gasteiger partial charge on any atom is -0.497 e. The summed E-state index contributed by atoms with van der Waals surface area (Å²) >= 11 is 0. The second kappa shape index (κ2) is 11.4. The first-order valence-corrected chi connectivity index (χ1v) is 14.0. The molecule has 9 nitrogen and oxygen atoms in total. The van der Waals surface area contributed by atoms with E-state index in [-0.39, 0.29) is 5.92 Å². The van der Waals surface area contributed by atoms with E-state index in [1.807, 2.05) is 42.5 Å². The van der Waals surface area contributed by atoms with Crippen molar-refractivity contribution in [3.63, 3.8) is 0 Å². The number of aromatic nitrogens is 1. The monoisotopic (exact) mass is 557 g/mol.